The Bertz CT molecular complexity index is 393. The molecule has 0 radical (unpaired) electrons. The SMILES string of the molecule is CC(NC1CC(C)(C)CC(C)(C)C1)c1ccncc1. The maximum atomic E-state index is 4.09. The van der Waals surface area contributed by atoms with Crippen molar-refractivity contribution in [2.45, 2.75) is 66.0 Å². The van der Waals surface area contributed by atoms with Crippen molar-refractivity contribution < 1.29 is 0 Å². The molecule has 2 nitrogen and oxygen atoms in total. The summed E-state index contributed by atoms with van der Waals surface area (Å²) in [5.41, 5.74) is 2.21. The predicted octanol–water partition coefficient (Wildman–Crippen LogP) is 4.34. The van der Waals surface area contributed by atoms with Crippen LogP contribution in [-0.2, 0) is 0 Å². The first kappa shape index (κ1) is 14.5. The molecule has 1 fully saturated rings. The zero-order valence-corrected chi connectivity index (χ0v) is 13.0. The Labute approximate surface area is 118 Å². The highest BCUT2D eigenvalue weighted by Gasteiger charge is 2.38. The Balaban J connectivity index is 2.03. The van der Waals surface area contributed by atoms with Gasteiger partial charge >= 0.3 is 0 Å². The molecular formula is C17H28N2. The van der Waals surface area contributed by atoms with Crippen molar-refractivity contribution in [1.29, 1.82) is 0 Å². The smallest absolute Gasteiger partial charge is 0.0295 e. The lowest BCUT2D eigenvalue weighted by Crippen LogP contribution is -2.44. The second-order valence-corrected chi connectivity index (χ2v) is 7.78. The third-order valence-corrected chi connectivity index (χ3v) is 4.25. The number of nitrogens with zero attached hydrogens (tertiary/aromatic N) is 1. The van der Waals surface area contributed by atoms with Gasteiger partial charge in [0, 0.05) is 24.5 Å². The highest BCUT2D eigenvalue weighted by molar-refractivity contribution is 5.14. The molecule has 0 aromatic carbocycles. The second-order valence-electron chi connectivity index (χ2n) is 7.78. The molecule has 0 bridgehead atoms. The Kier molecular flexibility index (Phi) is 4.00. The Morgan fingerprint density at radius 3 is 2.16 bits per heavy atom. The van der Waals surface area contributed by atoms with Crippen LogP contribution in [0.2, 0.25) is 0 Å². The van der Waals surface area contributed by atoms with Gasteiger partial charge in [0.25, 0.3) is 0 Å². The largest absolute Gasteiger partial charge is 0.307 e. The van der Waals surface area contributed by atoms with Crippen LogP contribution >= 0.6 is 0 Å². The summed E-state index contributed by atoms with van der Waals surface area (Å²) >= 11 is 0. The van der Waals surface area contributed by atoms with Crippen LogP contribution in [0.5, 0.6) is 0 Å². The van der Waals surface area contributed by atoms with Crippen molar-refractivity contribution in [2.75, 3.05) is 0 Å². The molecule has 0 spiro atoms. The average Bonchev–Trinajstić information content (AvgIpc) is 2.25. The van der Waals surface area contributed by atoms with Gasteiger partial charge in [-0.05, 0) is 54.7 Å². The first-order chi connectivity index (χ1) is 8.77. The van der Waals surface area contributed by atoms with Gasteiger partial charge in [0.15, 0.2) is 0 Å². The van der Waals surface area contributed by atoms with Gasteiger partial charge in [0.2, 0.25) is 0 Å². The molecule has 0 aliphatic heterocycles. The van der Waals surface area contributed by atoms with E-state index in [-0.39, 0.29) is 0 Å². The van der Waals surface area contributed by atoms with Crippen LogP contribution in [0.1, 0.15) is 65.5 Å². The lowest BCUT2D eigenvalue weighted by atomic mass is 9.63. The molecule has 1 heterocycles. The van der Waals surface area contributed by atoms with Gasteiger partial charge in [-0.25, -0.2) is 0 Å². The number of rotatable bonds is 3. The van der Waals surface area contributed by atoms with Crippen molar-refractivity contribution in [1.82, 2.24) is 10.3 Å². The monoisotopic (exact) mass is 260 g/mol. The van der Waals surface area contributed by atoms with E-state index >= 15 is 0 Å². The lowest BCUT2D eigenvalue weighted by molar-refractivity contribution is 0.0811. The van der Waals surface area contributed by atoms with E-state index in [1.54, 1.807) is 0 Å². The summed E-state index contributed by atoms with van der Waals surface area (Å²) in [6.45, 7) is 11.9. The minimum atomic E-state index is 0.401. The fourth-order valence-electron chi connectivity index (χ4n) is 4.07. The zero-order chi connectivity index (χ0) is 14.1. The Morgan fingerprint density at radius 1 is 1.11 bits per heavy atom. The van der Waals surface area contributed by atoms with Crippen LogP contribution in [-0.4, -0.2) is 11.0 Å². The minimum Gasteiger partial charge on any atom is -0.307 e. The molecule has 1 atom stereocenters. The quantitative estimate of drug-likeness (QED) is 0.874. The zero-order valence-electron chi connectivity index (χ0n) is 13.0. The van der Waals surface area contributed by atoms with E-state index in [1.807, 2.05) is 12.4 Å². The number of hydrogen-bond donors (Lipinski definition) is 1. The third kappa shape index (κ3) is 4.04. The van der Waals surface area contributed by atoms with Gasteiger partial charge in [0.05, 0.1) is 0 Å². The van der Waals surface area contributed by atoms with Crippen LogP contribution in [0.3, 0.4) is 0 Å². The summed E-state index contributed by atoms with van der Waals surface area (Å²) in [6, 6.07) is 5.23. The van der Waals surface area contributed by atoms with E-state index in [0.717, 1.165) is 0 Å². The summed E-state index contributed by atoms with van der Waals surface area (Å²) in [7, 11) is 0. The summed E-state index contributed by atoms with van der Waals surface area (Å²) in [5, 5.41) is 3.82. The van der Waals surface area contributed by atoms with Crippen molar-refractivity contribution in [3.8, 4) is 0 Å². The van der Waals surface area contributed by atoms with Gasteiger partial charge in [-0.3, -0.25) is 4.98 Å². The van der Waals surface area contributed by atoms with Gasteiger partial charge in [-0.2, -0.15) is 0 Å². The number of aromatic nitrogens is 1. The van der Waals surface area contributed by atoms with Crippen LogP contribution in [0.15, 0.2) is 24.5 Å². The molecule has 1 N–H and O–H groups in total. The highest BCUT2D eigenvalue weighted by Crippen LogP contribution is 2.46. The van der Waals surface area contributed by atoms with Gasteiger partial charge < -0.3 is 5.32 Å². The third-order valence-electron chi connectivity index (χ3n) is 4.25. The Morgan fingerprint density at radius 2 is 1.63 bits per heavy atom. The summed E-state index contributed by atoms with van der Waals surface area (Å²) < 4.78 is 0. The molecule has 1 unspecified atom stereocenters. The molecule has 106 valence electrons. The van der Waals surface area contributed by atoms with Crippen LogP contribution in [0.25, 0.3) is 0 Å². The molecule has 1 saturated carbocycles. The predicted molar refractivity (Wildman–Crippen MR) is 81.0 cm³/mol. The van der Waals surface area contributed by atoms with E-state index in [1.165, 1.54) is 24.8 Å². The first-order valence-electron chi connectivity index (χ1n) is 7.43. The molecule has 1 aliphatic carbocycles. The molecule has 0 amide bonds. The Hall–Kier alpha value is -0.890. The molecule has 2 heteroatoms. The fourth-order valence-corrected chi connectivity index (χ4v) is 4.07. The normalized spacial score (nSPS) is 24.1. The van der Waals surface area contributed by atoms with Crippen LogP contribution in [0, 0.1) is 10.8 Å². The second kappa shape index (κ2) is 5.24. The van der Waals surface area contributed by atoms with E-state index in [9.17, 15) is 0 Å². The topological polar surface area (TPSA) is 24.9 Å². The maximum Gasteiger partial charge on any atom is 0.0295 e. The van der Waals surface area contributed by atoms with Gasteiger partial charge in [-0.1, -0.05) is 27.7 Å². The van der Waals surface area contributed by atoms with E-state index in [2.05, 4.69) is 57.1 Å². The summed E-state index contributed by atoms with van der Waals surface area (Å²) in [5.74, 6) is 0. The standard InChI is InChI=1S/C17H28N2/c1-13(14-6-8-18-9-7-14)19-15-10-16(2,3)12-17(4,5)11-15/h6-9,13,15,19H,10-12H2,1-5H3. The minimum absolute atomic E-state index is 0.401. The molecule has 1 aromatic rings. The molecule has 1 aliphatic rings. The fraction of sp³-hybridized carbons (Fsp3) is 0.706. The number of nitrogens with one attached hydrogen (secondary N) is 1. The van der Waals surface area contributed by atoms with E-state index in [0.29, 0.717) is 22.9 Å². The molecule has 19 heavy (non-hydrogen) atoms. The van der Waals surface area contributed by atoms with E-state index < -0.39 is 0 Å². The van der Waals surface area contributed by atoms with Crippen molar-refractivity contribution in [3.05, 3.63) is 30.1 Å². The summed E-state index contributed by atoms with van der Waals surface area (Å²) in [4.78, 5) is 4.09. The molecule has 0 saturated heterocycles. The number of hydrogen-bond acceptors (Lipinski definition) is 2. The lowest BCUT2D eigenvalue weighted by Gasteiger charge is -2.46. The molecular weight excluding hydrogens is 232 g/mol. The van der Waals surface area contributed by atoms with Crippen LogP contribution in [0.4, 0.5) is 0 Å². The summed E-state index contributed by atoms with van der Waals surface area (Å²) in [6.07, 6.45) is 7.62. The maximum absolute atomic E-state index is 4.09. The van der Waals surface area contributed by atoms with Crippen molar-refractivity contribution >= 4 is 0 Å². The van der Waals surface area contributed by atoms with Gasteiger partial charge in [0.1, 0.15) is 0 Å². The highest BCUT2D eigenvalue weighted by atomic mass is 15.0. The molecule has 2 rings (SSSR count). The molecule has 1 aromatic heterocycles. The van der Waals surface area contributed by atoms with Crippen molar-refractivity contribution in [3.63, 3.8) is 0 Å². The van der Waals surface area contributed by atoms with Gasteiger partial charge in [-0.15, -0.1) is 0 Å². The number of pyridine rings is 1. The first-order valence-corrected chi connectivity index (χ1v) is 7.43. The van der Waals surface area contributed by atoms with Crippen LogP contribution < -0.4 is 5.32 Å². The van der Waals surface area contributed by atoms with Crippen molar-refractivity contribution in [2.24, 2.45) is 10.8 Å². The average molecular weight is 260 g/mol. The van der Waals surface area contributed by atoms with E-state index in [4.69, 9.17) is 0 Å².